The second-order valence-electron chi connectivity index (χ2n) is 4.53. The van der Waals surface area contributed by atoms with Gasteiger partial charge in [0.25, 0.3) is 0 Å². The Hall–Kier alpha value is -2.49. The molecule has 0 amide bonds. The van der Waals surface area contributed by atoms with Crippen molar-refractivity contribution < 1.29 is 9.47 Å². The molecule has 0 fully saturated rings. The number of hydrogen-bond acceptors (Lipinski definition) is 3. The standard InChI is InChI=1S/C16H18N2O2/c1-11-8-14(6-7-15(11)16(17)18)20-10-12-4-3-5-13(9-12)19-2/h3-9H,10H2,1-2H3,(H3,17,18). The van der Waals surface area contributed by atoms with Gasteiger partial charge in [0.1, 0.15) is 23.9 Å². The minimum absolute atomic E-state index is 0.0712. The van der Waals surface area contributed by atoms with Crippen molar-refractivity contribution in [2.75, 3.05) is 7.11 Å². The molecule has 0 unspecified atom stereocenters. The number of nitrogens with two attached hydrogens (primary N) is 1. The van der Waals surface area contributed by atoms with Crippen LogP contribution in [0.4, 0.5) is 0 Å². The van der Waals surface area contributed by atoms with Crippen molar-refractivity contribution in [1.29, 1.82) is 5.41 Å². The largest absolute Gasteiger partial charge is 0.497 e. The Morgan fingerprint density at radius 2 is 1.95 bits per heavy atom. The highest BCUT2D eigenvalue weighted by Gasteiger charge is 2.04. The van der Waals surface area contributed by atoms with E-state index in [1.165, 1.54) is 0 Å². The molecule has 0 heterocycles. The summed E-state index contributed by atoms with van der Waals surface area (Å²) in [6.07, 6.45) is 0. The Balaban J connectivity index is 2.07. The Bertz CT molecular complexity index is 624. The predicted molar refractivity (Wildman–Crippen MR) is 79.5 cm³/mol. The smallest absolute Gasteiger partial charge is 0.123 e. The first kappa shape index (κ1) is 13.9. The maximum Gasteiger partial charge on any atom is 0.123 e. The monoisotopic (exact) mass is 270 g/mol. The van der Waals surface area contributed by atoms with Crippen LogP contribution in [0.5, 0.6) is 11.5 Å². The van der Waals surface area contributed by atoms with Crippen LogP contribution in [0.15, 0.2) is 42.5 Å². The molecule has 0 aliphatic rings. The Labute approximate surface area is 118 Å². The highest BCUT2D eigenvalue weighted by Crippen LogP contribution is 2.19. The second-order valence-corrected chi connectivity index (χ2v) is 4.53. The van der Waals surface area contributed by atoms with Crippen LogP contribution in [0.25, 0.3) is 0 Å². The topological polar surface area (TPSA) is 68.3 Å². The zero-order valence-electron chi connectivity index (χ0n) is 11.6. The number of ether oxygens (including phenoxy) is 2. The van der Waals surface area contributed by atoms with Crippen LogP contribution in [-0.2, 0) is 6.61 Å². The molecule has 0 spiro atoms. The van der Waals surface area contributed by atoms with Crippen LogP contribution in [0.3, 0.4) is 0 Å². The molecular weight excluding hydrogens is 252 g/mol. The number of amidine groups is 1. The van der Waals surface area contributed by atoms with E-state index in [4.69, 9.17) is 20.6 Å². The van der Waals surface area contributed by atoms with Crippen LogP contribution in [0, 0.1) is 12.3 Å². The highest BCUT2D eigenvalue weighted by atomic mass is 16.5. The summed E-state index contributed by atoms with van der Waals surface area (Å²) in [4.78, 5) is 0. The minimum atomic E-state index is 0.0712. The summed E-state index contributed by atoms with van der Waals surface area (Å²) in [7, 11) is 1.64. The van der Waals surface area contributed by atoms with E-state index < -0.39 is 0 Å². The van der Waals surface area contributed by atoms with Crippen molar-refractivity contribution in [3.63, 3.8) is 0 Å². The van der Waals surface area contributed by atoms with E-state index in [0.29, 0.717) is 6.61 Å². The van der Waals surface area contributed by atoms with E-state index in [2.05, 4.69) is 0 Å². The van der Waals surface area contributed by atoms with Crippen LogP contribution >= 0.6 is 0 Å². The number of nitrogens with one attached hydrogen (secondary N) is 1. The molecule has 0 bridgehead atoms. The molecule has 0 radical (unpaired) electrons. The van der Waals surface area contributed by atoms with Gasteiger partial charge in [-0.15, -0.1) is 0 Å². The van der Waals surface area contributed by atoms with Crippen LogP contribution < -0.4 is 15.2 Å². The normalized spacial score (nSPS) is 10.1. The van der Waals surface area contributed by atoms with Crippen molar-refractivity contribution >= 4 is 5.84 Å². The van der Waals surface area contributed by atoms with Gasteiger partial charge < -0.3 is 15.2 Å². The molecule has 0 saturated heterocycles. The number of rotatable bonds is 5. The number of benzene rings is 2. The summed E-state index contributed by atoms with van der Waals surface area (Å²) in [5.41, 5.74) is 8.20. The fraction of sp³-hybridized carbons (Fsp3) is 0.188. The first-order valence-electron chi connectivity index (χ1n) is 6.31. The Morgan fingerprint density at radius 1 is 1.15 bits per heavy atom. The second kappa shape index (κ2) is 6.10. The predicted octanol–water partition coefficient (Wildman–Crippen LogP) is 2.87. The van der Waals surface area contributed by atoms with Crippen LogP contribution in [0.2, 0.25) is 0 Å². The van der Waals surface area contributed by atoms with E-state index in [9.17, 15) is 0 Å². The lowest BCUT2D eigenvalue weighted by Crippen LogP contribution is -2.12. The van der Waals surface area contributed by atoms with E-state index in [0.717, 1.165) is 28.2 Å². The zero-order chi connectivity index (χ0) is 14.5. The highest BCUT2D eigenvalue weighted by molar-refractivity contribution is 5.96. The molecule has 4 heteroatoms. The first-order valence-corrected chi connectivity index (χ1v) is 6.31. The third-order valence-corrected chi connectivity index (χ3v) is 3.03. The average Bonchev–Trinajstić information content (AvgIpc) is 2.45. The van der Waals surface area contributed by atoms with Crippen molar-refractivity contribution in [2.45, 2.75) is 13.5 Å². The summed E-state index contributed by atoms with van der Waals surface area (Å²) in [5.74, 6) is 1.64. The number of hydrogen-bond donors (Lipinski definition) is 2. The van der Waals surface area contributed by atoms with E-state index >= 15 is 0 Å². The SMILES string of the molecule is COc1cccc(COc2ccc(C(=N)N)c(C)c2)c1. The van der Waals surface area contributed by atoms with Gasteiger partial charge in [-0.1, -0.05) is 12.1 Å². The molecule has 0 aliphatic heterocycles. The molecular formula is C16H18N2O2. The molecule has 3 N–H and O–H groups in total. The van der Waals surface area contributed by atoms with E-state index in [-0.39, 0.29) is 5.84 Å². The van der Waals surface area contributed by atoms with Gasteiger partial charge in [0, 0.05) is 5.56 Å². The third-order valence-electron chi connectivity index (χ3n) is 3.03. The Kier molecular flexibility index (Phi) is 4.25. The summed E-state index contributed by atoms with van der Waals surface area (Å²) >= 11 is 0. The Morgan fingerprint density at radius 3 is 2.60 bits per heavy atom. The van der Waals surface area contributed by atoms with Crippen molar-refractivity contribution in [1.82, 2.24) is 0 Å². The maximum absolute atomic E-state index is 7.45. The van der Waals surface area contributed by atoms with Gasteiger partial charge >= 0.3 is 0 Å². The van der Waals surface area contributed by atoms with Gasteiger partial charge in [-0.05, 0) is 48.4 Å². The molecule has 104 valence electrons. The maximum atomic E-state index is 7.45. The summed E-state index contributed by atoms with van der Waals surface area (Å²) in [6, 6.07) is 13.3. The molecule has 0 aliphatic carbocycles. The molecule has 0 aromatic heterocycles. The lowest BCUT2D eigenvalue weighted by molar-refractivity contribution is 0.305. The molecule has 0 saturated carbocycles. The van der Waals surface area contributed by atoms with Crippen molar-refractivity contribution in [2.24, 2.45) is 5.73 Å². The average molecular weight is 270 g/mol. The third kappa shape index (κ3) is 3.29. The quantitative estimate of drug-likeness (QED) is 0.648. The van der Waals surface area contributed by atoms with E-state index in [1.807, 2.05) is 43.3 Å². The summed E-state index contributed by atoms with van der Waals surface area (Å²) in [6.45, 7) is 2.38. The molecule has 20 heavy (non-hydrogen) atoms. The van der Waals surface area contributed by atoms with Crippen LogP contribution in [-0.4, -0.2) is 12.9 Å². The molecule has 2 rings (SSSR count). The van der Waals surface area contributed by atoms with Gasteiger partial charge in [0.2, 0.25) is 0 Å². The first-order chi connectivity index (χ1) is 9.60. The zero-order valence-corrected chi connectivity index (χ0v) is 11.6. The molecule has 2 aromatic rings. The fourth-order valence-electron chi connectivity index (χ4n) is 1.96. The van der Waals surface area contributed by atoms with Gasteiger partial charge in [-0.2, -0.15) is 0 Å². The van der Waals surface area contributed by atoms with Gasteiger partial charge in [-0.3, -0.25) is 5.41 Å². The van der Waals surface area contributed by atoms with Crippen molar-refractivity contribution in [3.05, 3.63) is 59.2 Å². The lowest BCUT2D eigenvalue weighted by atomic mass is 10.1. The lowest BCUT2D eigenvalue weighted by Gasteiger charge is -2.10. The van der Waals surface area contributed by atoms with Gasteiger partial charge in [0.15, 0.2) is 0 Å². The summed E-state index contributed by atoms with van der Waals surface area (Å²) in [5, 5.41) is 7.45. The fourth-order valence-corrected chi connectivity index (χ4v) is 1.96. The molecule has 0 atom stereocenters. The molecule has 2 aromatic carbocycles. The van der Waals surface area contributed by atoms with E-state index in [1.54, 1.807) is 13.2 Å². The van der Waals surface area contributed by atoms with Crippen LogP contribution in [0.1, 0.15) is 16.7 Å². The van der Waals surface area contributed by atoms with Crippen molar-refractivity contribution in [3.8, 4) is 11.5 Å². The van der Waals surface area contributed by atoms with Gasteiger partial charge in [0.05, 0.1) is 7.11 Å². The van der Waals surface area contributed by atoms with Gasteiger partial charge in [-0.25, -0.2) is 0 Å². The summed E-state index contributed by atoms with van der Waals surface area (Å²) < 4.78 is 10.9. The minimum Gasteiger partial charge on any atom is -0.497 e. The number of aryl methyl sites for hydroxylation is 1. The molecule has 4 nitrogen and oxygen atoms in total. The number of methoxy groups -OCH3 is 1. The number of nitrogen functional groups attached to an aromatic ring is 1.